The van der Waals surface area contributed by atoms with E-state index in [9.17, 15) is 4.79 Å². The standard InChI is InChI=1S/C11H17N3O/c1-8(2)7-10-9(5-6-12-13-10)11(15)14(3)4/h5-6,8H,7H2,1-4H3. The molecule has 0 aliphatic carbocycles. The molecule has 0 radical (unpaired) electrons. The van der Waals surface area contributed by atoms with E-state index in [-0.39, 0.29) is 5.91 Å². The highest BCUT2D eigenvalue weighted by Crippen LogP contribution is 2.11. The number of hydrogen-bond donors (Lipinski definition) is 0. The molecule has 0 saturated heterocycles. The Morgan fingerprint density at radius 1 is 1.47 bits per heavy atom. The highest BCUT2D eigenvalue weighted by molar-refractivity contribution is 5.94. The zero-order valence-corrected chi connectivity index (χ0v) is 9.69. The van der Waals surface area contributed by atoms with Crippen LogP contribution in [-0.2, 0) is 6.42 Å². The van der Waals surface area contributed by atoms with E-state index in [1.54, 1.807) is 31.3 Å². The van der Waals surface area contributed by atoms with Crippen molar-refractivity contribution in [2.24, 2.45) is 5.92 Å². The maximum absolute atomic E-state index is 11.8. The third kappa shape index (κ3) is 3.01. The van der Waals surface area contributed by atoms with E-state index in [1.165, 1.54) is 0 Å². The number of nitrogens with zero attached hydrogens (tertiary/aromatic N) is 3. The first-order valence-corrected chi connectivity index (χ1v) is 5.04. The van der Waals surface area contributed by atoms with Crippen LogP contribution in [0, 0.1) is 5.92 Å². The van der Waals surface area contributed by atoms with Crippen molar-refractivity contribution in [3.63, 3.8) is 0 Å². The van der Waals surface area contributed by atoms with Gasteiger partial charge in [0.2, 0.25) is 0 Å². The number of carbonyl (C=O) groups is 1. The minimum atomic E-state index is -0.0134. The van der Waals surface area contributed by atoms with Gasteiger partial charge in [0.15, 0.2) is 0 Å². The van der Waals surface area contributed by atoms with Crippen molar-refractivity contribution < 1.29 is 4.79 Å². The van der Waals surface area contributed by atoms with Gasteiger partial charge in [-0.05, 0) is 18.4 Å². The number of amides is 1. The summed E-state index contributed by atoms with van der Waals surface area (Å²) >= 11 is 0. The Labute approximate surface area is 90.3 Å². The SMILES string of the molecule is CC(C)Cc1nnccc1C(=O)N(C)C. The van der Waals surface area contributed by atoms with Gasteiger partial charge < -0.3 is 4.90 Å². The maximum atomic E-state index is 11.8. The van der Waals surface area contributed by atoms with Crippen molar-refractivity contribution in [2.45, 2.75) is 20.3 Å². The molecule has 0 spiro atoms. The summed E-state index contributed by atoms with van der Waals surface area (Å²) in [6.07, 6.45) is 2.34. The molecule has 1 aromatic rings. The Morgan fingerprint density at radius 2 is 2.13 bits per heavy atom. The van der Waals surface area contributed by atoms with Crippen molar-refractivity contribution in [3.05, 3.63) is 23.5 Å². The molecule has 0 aromatic carbocycles. The maximum Gasteiger partial charge on any atom is 0.255 e. The van der Waals surface area contributed by atoms with Crippen LogP contribution >= 0.6 is 0 Å². The first kappa shape index (κ1) is 11.6. The Morgan fingerprint density at radius 3 is 2.67 bits per heavy atom. The summed E-state index contributed by atoms with van der Waals surface area (Å²) in [5.74, 6) is 0.455. The third-order valence-electron chi connectivity index (χ3n) is 2.04. The van der Waals surface area contributed by atoms with E-state index < -0.39 is 0 Å². The quantitative estimate of drug-likeness (QED) is 0.752. The second-order valence-electron chi connectivity index (χ2n) is 4.19. The Bertz CT molecular complexity index is 347. The molecule has 0 N–H and O–H groups in total. The summed E-state index contributed by atoms with van der Waals surface area (Å²) < 4.78 is 0. The highest BCUT2D eigenvalue weighted by atomic mass is 16.2. The van der Waals surface area contributed by atoms with E-state index in [2.05, 4.69) is 24.0 Å². The molecule has 82 valence electrons. The molecule has 1 heterocycles. The average molecular weight is 207 g/mol. The van der Waals surface area contributed by atoms with E-state index in [0.29, 0.717) is 11.5 Å². The smallest absolute Gasteiger partial charge is 0.255 e. The van der Waals surface area contributed by atoms with E-state index >= 15 is 0 Å². The van der Waals surface area contributed by atoms with Crippen LogP contribution < -0.4 is 0 Å². The van der Waals surface area contributed by atoms with Crippen LogP contribution in [0.25, 0.3) is 0 Å². The molecule has 0 fully saturated rings. The molecule has 0 aliphatic heterocycles. The lowest BCUT2D eigenvalue weighted by molar-refractivity contribution is 0.0825. The molecule has 1 rings (SSSR count). The normalized spacial score (nSPS) is 10.5. The van der Waals surface area contributed by atoms with Gasteiger partial charge in [-0.3, -0.25) is 4.79 Å². The molecule has 15 heavy (non-hydrogen) atoms. The lowest BCUT2D eigenvalue weighted by atomic mass is 10.0. The Balaban J connectivity index is 3.01. The van der Waals surface area contributed by atoms with Crippen LogP contribution in [0.15, 0.2) is 12.3 Å². The number of carbonyl (C=O) groups excluding carboxylic acids is 1. The van der Waals surface area contributed by atoms with Crippen LogP contribution in [0.2, 0.25) is 0 Å². The molecule has 1 amide bonds. The summed E-state index contributed by atoms with van der Waals surface area (Å²) in [5, 5.41) is 7.84. The largest absolute Gasteiger partial charge is 0.345 e. The predicted molar refractivity (Wildman–Crippen MR) is 58.6 cm³/mol. The fraction of sp³-hybridized carbons (Fsp3) is 0.545. The molecule has 4 heteroatoms. The van der Waals surface area contributed by atoms with Gasteiger partial charge in [-0.25, -0.2) is 0 Å². The average Bonchev–Trinajstić information content (AvgIpc) is 2.16. The second kappa shape index (κ2) is 4.87. The first-order valence-electron chi connectivity index (χ1n) is 5.04. The minimum absolute atomic E-state index is 0.0134. The Kier molecular flexibility index (Phi) is 3.77. The van der Waals surface area contributed by atoms with Crippen molar-refractivity contribution in [1.29, 1.82) is 0 Å². The van der Waals surface area contributed by atoms with Gasteiger partial charge in [-0.2, -0.15) is 10.2 Å². The van der Waals surface area contributed by atoms with E-state index in [0.717, 1.165) is 12.1 Å². The van der Waals surface area contributed by atoms with Gasteiger partial charge in [0.25, 0.3) is 5.91 Å². The van der Waals surface area contributed by atoms with Crippen LogP contribution in [0.4, 0.5) is 0 Å². The van der Waals surface area contributed by atoms with Crippen molar-refractivity contribution in [2.75, 3.05) is 14.1 Å². The second-order valence-corrected chi connectivity index (χ2v) is 4.19. The van der Waals surface area contributed by atoms with Gasteiger partial charge in [0.1, 0.15) is 0 Å². The topological polar surface area (TPSA) is 46.1 Å². The predicted octanol–water partition coefficient (Wildman–Crippen LogP) is 1.38. The Hall–Kier alpha value is -1.45. The van der Waals surface area contributed by atoms with Crippen molar-refractivity contribution in [1.82, 2.24) is 15.1 Å². The lowest BCUT2D eigenvalue weighted by Crippen LogP contribution is -2.24. The van der Waals surface area contributed by atoms with Crippen LogP contribution in [-0.4, -0.2) is 35.1 Å². The minimum Gasteiger partial charge on any atom is -0.345 e. The third-order valence-corrected chi connectivity index (χ3v) is 2.04. The van der Waals surface area contributed by atoms with Gasteiger partial charge in [-0.1, -0.05) is 13.8 Å². The lowest BCUT2D eigenvalue weighted by Gasteiger charge is -2.13. The summed E-state index contributed by atoms with van der Waals surface area (Å²) in [5.41, 5.74) is 1.44. The number of aromatic nitrogens is 2. The monoisotopic (exact) mass is 207 g/mol. The van der Waals surface area contributed by atoms with Crippen LogP contribution in [0.3, 0.4) is 0 Å². The molecule has 0 unspecified atom stereocenters. The van der Waals surface area contributed by atoms with Gasteiger partial charge >= 0.3 is 0 Å². The molecule has 4 nitrogen and oxygen atoms in total. The number of rotatable bonds is 3. The summed E-state index contributed by atoms with van der Waals surface area (Å²) in [7, 11) is 3.48. The molecular formula is C11H17N3O. The van der Waals surface area contributed by atoms with E-state index in [1.807, 2.05) is 0 Å². The molecule has 0 bridgehead atoms. The van der Waals surface area contributed by atoms with Crippen LogP contribution in [0.5, 0.6) is 0 Å². The molecular weight excluding hydrogens is 190 g/mol. The molecule has 0 saturated carbocycles. The number of hydrogen-bond acceptors (Lipinski definition) is 3. The molecule has 0 aliphatic rings. The van der Waals surface area contributed by atoms with Gasteiger partial charge in [0, 0.05) is 14.1 Å². The zero-order chi connectivity index (χ0) is 11.4. The summed E-state index contributed by atoms with van der Waals surface area (Å²) in [6.45, 7) is 4.19. The van der Waals surface area contributed by atoms with Crippen LogP contribution in [0.1, 0.15) is 29.9 Å². The fourth-order valence-corrected chi connectivity index (χ4v) is 1.33. The van der Waals surface area contributed by atoms with E-state index in [4.69, 9.17) is 0 Å². The summed E-state index contributed by atoms with van der Waals surface area (Å²) in [6, 6.07) is 1.73. The highest BCUT2D eigenvalue weighted by Gasteiger charge is 2.15. The van der Waals surface area contributed by atoms with Gasteiger partial charge in [0.05, 0.1) is 17.5 Å². The summed E-state index contributed by atoms with van der Waals surface area (Å²) in [4.78, 5) is 13.4. The van der Waals surface area contributed by atoms with Gasteiger partial charge in [-0.15, -0.1) is 0 Å². The van der Waals surface area contributed by atoms with Crippen molar-refractivity contribution >= 4 is 5.91 Å². The zero-order valence-electron chi connectivity index (χ0n) is 9.69. The fourth-order valence-electron chi connectivity index (χ4n) is 1.33. The molecule has 0 atom stereocenters. The van der Waals surface area contributed by atoms with Crippen molar-refractivity contribution in [3.8, 4) is 0 Å². The first-order chi connectivity index (χ1) is 7.02. The molecule has 1 aromatic heterocycles.